The van der Waals surface area contributed by atoms with Crippen molar-refractivity contribution < 1.29 is 22.4 Å². The van der Waals surface area contributed by atoms with Gasteiger partial charge in [0.05, 0.1) is 6.20 Å². The molecule has 0 amide bonds. The molecule has 31 heavy (non-hydrogen) atoms. The van der Waals surface area contributed by atoms with Crippen molar-refractivity contribution in [3.63, 3.8) is 0 Å². The van der Waals surface area contributed by atoms with Crippen LogP contribution in [0.1, 0.15) is 44.8 Å². The number of hydrogen-bond acceptors (Lipinski definition) is 7. The van der Waals surface area contributed by atoms with Crippen LogP contribution in [0, 0.1) is 0 Å². The Hall–Kier alpha value is -3.17. The maximum Gasteiger partial charge on any atom is 0.387 e. The predicted octanol–water partition coefficient (Wildman–Crippen LogP) is 5.16. The van der Waals surface area contributed by atoms with E-state index in [-0.39, 0.29) is 11.6 Å². The van der Waals surface area contributed by atoms with Crippen LogP contribution in [-0.2, 0) is 12.1 Å². The summed E-state index contributed by atoms with van der Waals surface area (Å²) in [4.78, 5) is 4.07. The van der Waals surface area contributed by atoms with Crippen LogP contribution in [0.25, 0.3) is 11.1 Å². The number of nitrogens with one attached hydrogen (secondary N) is 1. The van der Waals surface area contributed by atoms with E-state index in [1.54, 1.807) is 18.3 Å². The molecule has 0 aliphatic rings. The molecule has 0 aliphatic heterocycles. The Balaban J connectivity index is 1.41. The minimum atomic E-state index is -2.85. The minimum absolute atomic E-state index is 0.00110. The summed E-state index contributed by atoms with van der Waals surface area (Å²) >= 11 is 0. The number of benzene rings is 1. The average Bonchev–Trinajstić information content (AvgIpc) is 3.20. The van der Waals surface area contributed by atoms with Crippen LogP contribution >= 0.6 is 0 Å². The van der Waals surface area contributed by atoms with Crippen LogP contribution in [0.2, 0.25) is 0 Å². The first kappa shape index (κ1) is 22.5. The molecule has 0 atom stereocenters. The number of unbranched alkanes of at least 4 members (excludes halogenated alkanes) is 2. The van der Waals surface area contributed by atoms with Crippen molar-refractivity contribution in [1.82, 2.24) is 20.3 Å². The minimum Gasteiger partial charge on any atom is -0.435 e. The van der Waals surface area contributed by atoms with Crippen LogP contribution < -0.4 is 10.1 Å². The van der Waals surface area contributed by atoms with Crippen LogP contribution in [0.3, 0.4) is 0 Å². The molecule has 0 radical (unpaired) electrons. The van der Waals surface area contributed by atoms with Gasteiger partial charge in [0.1, 0.15) is 11.6 Å². The van der Waals surface area contributed by atoms with Crippen molar-refractivity contribution in [2.24, 2.45) is 0 Å². The van der Waals surface area contributed by atoms with Crippen molar-refractivity contribution in [2.75, 3.05) is 11.9 Å². The Morgan fingerprint density at radius 3 is 2.55 bits per heavy atom. The maximum atomic E-state index is 13.7. The largest absolute Gasteiger partial charge is 0.435 e. The highest BCUT2D eigenvalue weighted by Crippen LogP contribution is 2.24. The molecule has 0 saturated heterocycles. The third kappa shape index (κ3) is 6.94. The summed E-state index contributed by atoms with van der Waals surface area (Å²) in [5, 5.41) is 15.1. The molecular formula is C21H24F3N5O2. The van der Waals surface area contributed by atoms with E-state index in [1.807, 2.05) is 6.07 Å². The zero-order chi connectivity index (χ0) is 22.3. The monoisotopic (exact) mass is 435 g/mol. The van der Waals surface area contributed by atoms with E-state index < -0.39 is 12.3 Å². The first-order valence-corrected chi connectivity index (χ1v) is 9.95. The van der Waals surface area contributed by atoms with Gasteiger partial charge >= 0.3 is 6.61 Å². The van der Waals surface area contributed by atoms with Gasteiger partial charge in [0.15, 0.2) is 11.5 Å². The third-order valence-electron chi connectivity index (χ3n) is 4.43. The summed E-state index contributed by atoms with van der Waals surface area (Å²) < 4.78 is 47.5. The van der Waals surface area contributed by atoms with Gasteiger partial charge in [0.2, 0.25) is 0 Å². The van der Waals surface area contributed by atoms with Gasteiger partial charge in [-0.05, 0) is 50.5 Å². The normalized spacial score (nSPS) is 11.7. The smallest absolute Gasteiger partial charge is 0.387 e. The topological polar surface area (TPSA) is 86.0 Å². The van der Waals surface area contributed by atoms with Crippen LogP contribution in [-0.4, -0.2) is 33.5 Å². The third-order valence-corrected chi connectivity index (χ3v) is 4.43. The standard InChI is InChI=1S/C21H24F3N5O2/c1-21(2,24)19-27-17(29-31-19)6-4-3-5-11-25-18-12-15(13-26-28-18)14-7-9-16(10-8-14)30-20(22)23/h7-10,12-13,20H,3-6,11H2,1-2H3,(H,25,28). The lowest BCUT2D eigenvalue weighted by Crippen LogP contribution is -2.09. The van der Waals surface area contributed by atoms with Crippen molar-refractivity contribution in [1.29, 1.82) is 0 Å². The molecule has 0 fully saturated rings. The summed E-state index contributed by atoms with van der Waals surface area (Å²) in [7, 11) is 0. The van der Waals surface area contributed by atoms with E-state index in [9.17, 15) is 13.2 Å². The first-order chi connectivity index (χ1) is 14.8. The van der Waals surface area contributed by atoms with Crippen molar-refractivity contribution in [3.8, 4) is 16.9 Å². The molecule has 1 N–H and O–H groups in total. The highest BCUT2D eigenvalue weighted by molar-refractivity contribution is 5.65. The van der Waals surface area contributed by atoms with Crippen LogP contribution in [0.15, 0.2) is 41.1 Å². The molecule has 0 spiro atoms. The van der Waals surface area contributed by atoms with E-state index in [1.165, 1.54) is 26.0 Å². The Labute approximate surface area is 178 Å². The second-order valence-corrected chi connectivity index (χ2v) is 7.46. The second kappa shape index (κ2) is 10.2. The van der Waals surface area contributed by atoms with Gasteiger partial charge in [0.25, 0.3) is 5.89 Å². The lowest BCUT2D eigenvalue weighted by molar-refractivity contribution is -0.0498. The van der Waals surface area contributed by atoms with Crippen molar-refractivity contribution in [3.05, 3.63) is 48.2 Å². The molecule has 3 aromatic rings. The van der Waals surface area contributed by atoms with Crippen LogP contribution in [0.4, 0.5) is 19.0 Å². The molecule has 0 saturated carbocycles. The van der Waals surface area contributed by atoms with Gasteiger partial charge in [-0.2, -0.15) is 18.9 Å². The van der Waals surface area contributed by atoms with Gasteiger partial charge in [0, 0.05) is 18.5 Å². The number of ether oxygens (including phenoxy) is 1. The summed E-state index contributed by atoms with van der Waals surface area (Å²) in [5.74, 6) is 1.24. The quantitative estimate of drug-likeness (QED) is 0.417. The van der Waals surface area contributed by atoms with E-state index in [0.29, 0.717) is 24.6 Å². The first-order valence-electron chi connectivity index (χ1n) is 9.95. The number of anilines is 1. The number of rotatable bonds is 11. The number of halogens is 3. The lowest BCUT2D eigenvalue weighted by Gasteiger charge is -2.08. The summed E-state index contributed by atoms with van der Waals surface area (Å²) in [6, 6.07) is 8.18. The number of alkyl halides is 3. The summed E-state index contributed by atoms with van der Waals surface area (Å²) in [6.07, 6.45) is 4.90. The van der Waals surface area contributed by atoms with Gasteiger partial charge in [-0.1, -0.05) is 23.7 Å². The Morgan fingerprint density at radius 1 is 1.10 bits per heavy atom. The molecule has 2 heterocycles. The fourth-order valence-electron chi connectivity index (χ4n) is 2.84. The Morgan fingerprint density at radius 2 is 1.87 bits per heavy atom. The zero-order valence-corrected chi connectivity index (χ0v) is 17.3. The van der Waals surface area contributed by atoms with E-state index in [0.717, 1.165) is 30.4 Å². The predicted molar refractivity (Wildman–Crippen MR) is 109 cm³/mol. The molecule has 0 bridgehead atoms. The summed E-state index contributed by atoms with van der Waals surface area (Å²) in [5.41, 5.74) is -0.00726. The molecule has 7 nitrogen and oxygen atoms in total. The maximum absolute atomic E-state index is 13.7. The molecule has 10 heteroatoms. The SMILES string of the molecule is CC(C)(F)c1nc(CCCCCNc2cc(-c3ccc(OC(F)F)cc3)cnn2)no1. The fourth-order valence-corrected chi connectivity index (χ4v) is 2.84. The van der Waals surface area contributed by atoms with E-state index >= 15 is 0 Å². The van der Waals surface area contributed by atoms with Gasteiger partial charge < -0.3 is 14.6 Å². The molecule has 1 aromatic carbocycles. The average molecular weight is 435 g/mol. The molecule has 166 valence electrons. The van der Waals surface area contributed by atoms with Crippen molar-refractivity contribution >= 4 is 5.82 Å². The van der Waals surface area contributed by atoms with Crippen molar-refractivity contribution in [2.45, 2.75) is 51.8 Å². The molecular weight excluding hydrogens is 411 g/mol. The number of aryl methyl sites for hydroxylation is 1. The Kier molecular flexibility index (Phi) is 7.43. The highest BCUT2D eigenvalue weighted by Gasteiger charge is 2.26. The Bertz CT molecular complexity index is 958. The van der Waals surface area contributed by atoms with Gasteiger partial charge in [-0.25, -0.2) is 4.39 Å². The van der Waals surface area contributed by atoms with E-state index in [2.05, 4.69) is 30.4 Å². The lowest BCUT2D eigenvalue weighted by atomic mass is 10.1. The van der Waals surface area contributed by atoms with Gasteiger partial charge in [-0.15, -0.1) is 5.10 Å². The molecule has 2 aromatic heterocycles. The number of hydrogen-bond donors (Lipinski definition) is 1. The second-order valence-electron chi connectivity index (χ2n) is 7.46. The van der Waals surface area contributed by atoms with E-state index in [4.69, 9.17) is 4.52 Å². The fraction of sp³-hybridized carbons (Fsp3) is 0.429. The van der Waals surface area contributed by atoms with Crippen LogP contribution in [0.5, 0.6) is 5.75 Å². The zero-order valence-electron chi connectivity index (χ0n) is 17.3. The number of nitrogens with zero attached hydrogens (tertiary/aromatic N) is 4. The highest BCUT2D eigenvalue weighted by atomic mass is 19.3. The molecule has 3 rings (SSSR count). The molecule has 0 aliphatic carbocycles. The number of aromatic nitrogens is 4. The molecule has 0 unspecified atom stereocenters. The summed E-state index contributed by atoms with van der Waals surface area (Å²) in [6.45, 7) is 0.611. The van der Waals surface area contributed by atoms with Gasteiger partial charge in [-0.3, -0.25) is 0 Å².